The number of fused-ring (bicyclic) bond motifs is 1. The van der Waals surface area contributed by atoms with Crippen LogP contribution in [-0.4, -0.2) is 28.9 Å². The van der Waals surface area contributed by atoms with Crippen LogP contribution in [0.1, 0.15) is 39.5 Å². The first-order valence-corrected chi connectivity index (χ1v) is 8.29. The van der Waals surface area contributed by atoms with Crippen LogP contribution in [0.4, 0.5) is 0 Å². The molecule has 2 unspecified atom stereocenters. The van der Waals surface area contributed by atoms with E-state index in [1.807, 2.05) is 6.92 Å². The highest BCUT2D eigenvalue weighted by Crippen LogP contribution is 2.55. The molecular weight excluding hydrogens is 290 g/mol. The molecule has 0 aromatic heterocycles. The normalized spacial score (nSPS) is 42.8. The molecule has 3 rings (SSSR count). The second-order valence-electron chi connectivity index (χ2n) is 6.64. The fourth-order valence-electron chi connectivity index (χ4n) is 4.41. The third kappa shape index (κ3) is 1.81. The molecule has 2 aliphatic heterocycles. The van der Waals surface area contributed by atoms with Crippen molar-refractivity contribution in [1.82, 2.24) is 5.32 Å². The lowest BCUT2D eigenvalue weighted by Gasteiger charge is -2.55. The first-order valence-electron chi connectivity index (χ1n) is 7.75. The summed E-state index contributed by atoms with van der Waals surface area (Å²) in [5.74, 6) is -0.00948. The summed E-state index contributed by atoms with van der Waals surface area (Å²) in [5, 5.41) is 2.98. The zero-order valence-electron chi connectivity index (χ0n) is 12.5. The highest BCUT2D eigenvalue weighted by atomic mass is 35.5. The molecule has 5 atom stereocenters. The Morgan fingerprint density at radius 2 is 2.29 bits per heavy atom. The van der Waals surface area contributed by atoms with Crippen LogP contribution in [0, 0.1) is 17.8 Å². The van der Waals surface area contributed by atoms with Crippen LogP contribution in [0.5, 0.6) is 0 Å². The molecular formula is C16H22ClNO3. The van der Waals surface area contributed by atoms with Gasteiger partial charge in [-0.25, -0.2) is 4.79 Å². The van der Waals surface area contributed by atoms with E-state index in [-0.39, 0.29) is 23.7 Å². The molecule has 2 fully saturated rings. The lowest BCUT2D eigenvalue weighted by atomic mass is 9.61. The molecule has 1 amide bonds. The largest absolute Gasteiger partial charge is 0.453 e. The van der Waals surface area contributed by atoms with Crippen LogP contribution in [-0.2, 0) is 14.3 Å². The number of halogens is 1. The standard InChI is InChI=1S/C16H22ClNO3/c1-10(11-6-4-3-5-7-11)16-14(20)21-15(16,2)12(8-9-17)13(19)18-16/h4,6,10-12H,3,5,7-9H2,1-2H3,(H,18,19)/t10-,11?,12-,15-,16?/m0/s1. The van der Waals surface area contributed by atoms with E-state index >= 15 is 0 Å². The molecule has 1 aliphatic carbocycles. The molecule has 5 heteroatoms. The van der Waals surface area contributed by atoms with Gasteiger partial charge in [0.05, 0.1) is 5.92 Å². The third-order valence-electron chi connectivity index (χ3n) is 5.73. The predicted octanol–water partition coefficient (Wildman–Crippen LogP) is 2.41. The first kappa shape index (κ1) is 14.9. The predicted molar refractivity (Wildman–Crippen MR) is 79.8 cm³/mol. The fourth-order valence-corrected chi connectivity index (χ4v) is 4.62. The van der Waals surface area contributed by atoms with Crippen molar-refractivity contribution in [3.8, 4) is 0 Å². The minimum absolute atomic E-state index is 0.0320. The minimum Gasteiger partial charge on any atom is -0.453 e. The minimum atomic E-state index is -0.882. The third-order valence-corrected chi connectivity index (χ3v) is 5.94. The van der Waals surface area contributed by atoms with Crippen LogP contribution < -0.4 is 5.32 Å². The van der Waals surface area contributed by atoms with Gasteiger partial charge in [-0.1, -0.05) is 19.1 Å². The van der Waals surface area contributed by atoms with Gasteiger partial charge in [0.25, 0.3) is 0 Å². The smallest absolute Gasteiger partial charge is 0.337 e. The van der Waals surface area contributed by atoms with E-state index < -0.39 is 11.1 Å². The highest BCUT2D eigenvalue weighted by Gasteiger charge is 2.78. The van der Waals surface area contributed by atoms with Gasteiger partial charge < -0.3 is 10.1 Å². The van der Waals surface area contributed by atoms with Crippen molar-refractivity contribution in [3.63, 3.8) is 0 Å². The number of hydrogen-bond acceptors (Lipinski definition) is 3. The molecule has 2 heterocycles. The lowest BCUT2D eigenvalue weighted by molar-refractivity contribution is -0.230. The molecule has 4 nitrogen and oxygen atoms in total. The van der Waals surface area contributed by atoms with E-state index in [1.54, 1.807) is 0 Å². The summed E-state index contributed by atoms with van der Waals surface area (Å²) < 4.78 is 5.50. The maximum atomic E-state index is 12.3. The van der Waals surface area contributed by atoms with Crippen molar-refractivity contribution in [3.05, 3.63) is 12.2 Å². The Balaban J connectivity index is 1.94. The summed E-state index contributed by atoms with van der Waals surface area (Å²) in [6, 6.07) is 0. The van der Waals surface area contributed by atoms with E-state index in [1.165, 1.54) is 0 Å². The van der Waals surface area contributed by atoms with Crippen LogP contribution >= 0.6 is 11.6 Å². The molecule has 0 saturated carbocycles. The van der Waals surface area contributed by atoms with Crippen LogP contribution in [0.2, 0.25) is 0 Å². The quantitative estimate of drug-likeness (QED) is 0.493. The van der Waals surface area contributed by atoms with Crippen LogP contribution in [0.15, 0.2) is 12.2 Å². The van der Waals surface area contributed by atoms with Crippen molar-refractivity contribution in [1.29, 1.82) is 0 Å². The number of carbonyl (C=O) groups excluding carboxylic acids is 2. The van der Waals surface area contributed by atoms with Gasteiger partial charge in [-0.05, 0) is 38.5 Å². The van der Waals surface area contributed by atoms with Gasteiger partial charge in [0.15, 0.2) is 11.1 Å². The van der Waals surface area contributed by atoms with Gasteiger partial charge in [0, 0.05) is 11.8 Å². The van der Waals surface area contributed by atoms with Crippen LogP contribution in [0.3, 0.4) is 0 Å². The molecule has 2 saturated heterocycles. The number of carbonyl (C=O) groups is 2. The Morgan fingerprint density at radius 1 is 1.52 bits per heavy atom. The highest BCUT2D eigenvalue weighted by molar-refractivity contribution is 6.18. The van der Waals surface area contributed by atoms with Crippen LogP contribution in [0.25, 0.3) is 0 Å². The Labute approximate surface area is 130 Å². The van der Waals surface area contributed by atoms with Gasteiger partial charge in [-0.3, -0.25) is 4.79 Å². The summed E-state index contributed by atoms with van der Waals surface area (Å²) in [6.45, 7) is 3.94. The SMILES string of the molecule is C[C@@H](C1C=CCCC1)C12NC(=O)[C@H](CCCl)[C@]1(C)OC2=O. The number of alkyl halides is 1. The average Bonchev–Trinajstić information content (AvgIpc) is 2.65. The zero-order chi connectivity index (χ0) is 15.3. The Bertz CT molecular complexity index is 506. The number of amides is 1. The molecule has 0 aromatic carbocycles. The Hall–Kier alpha value is -1.03. The second-order valence-corrected chi connectivity index (χ2v) is 7.01. The number of ether oxygens (including phenoxy) is 1. The topological polar surface area (TPSA) is 55.4 Å². The maximum Gasteiger partial charge on any atom is 0.337 e. The molecule has 0 aromatic rings. The molecule has 0 radical (unpaired) electrons. The van der Waals surface area contributed by atoms with E-state index in [0.717, 1.165) is 19.3 Å². The van der Waals surface area contributed by atoms with Crippen molar-refractivity contribution >= 4 is 23.5 Å². The van der Waals surface area contributed by atoms with E-state index in [0.29, 0.717) is 18.2 Å². The number of rotatable bonds is 4. The van der Waals surface area contributed by atoms with Gasteiger partial charge in [-0.2, -0.15) is 0 Å². The molecule has 0 bridgehead atoms. The fraction of sp³-hybridized carbons (Fsp3) is 0.750. The number of nitrogens with one attached hydrogen (secondary N) is 1. The molecule has 116 valence electrons. The summed E-state index contributed by atoms with van der Waals surface area (Å²) in [4.78, 5) is 24.7. The summed E-state index contributed by atoms with van der Waals surface area (Å²) in [5.41, 5.74) is -1.64. The van der Waals surface area contributed by atoms with E-state index in [9.17, 15) is 9.59 Å². The van der Waals surface area contributed by atoms with E-state index in [4.69, 9.17) is 16.3 Å². The van der Waals surface area contributed by atoms with Gasteiger partial charge in [0.2, 0.25) is 5.91 Å². The molecule has 3 aliphatic rings. The number of esters is 1. The van der Waals surface area contributed by atoms with Crippen molar-refractivity contribution < 1.29 is 14.3 Å². The average molecular weight is 312 g/mol. The monoisotopic (exact) mass is 311 g/mol. The molecule has 21 heavy (non-hydrogen) atoms. The second kappa shape index (κ2) is 5.01. The van der Waals surface area contributed by atoms with Gasteiger partial charge in [-0.15, -0.1) is 11.6 Å². The molecule has 0 spiro atoms. The summed E-state index contributed by atoms with van der Waals surface area (Å²) in [6.07, 6.45) is 8.18. The number of allylic oxidation sites excluding steroid dienone is 2. The first-order chi connectivity index (χ1) is 9.97. The lowest BCUT2D eigenvalue weighted by Crippen LogP contribution is -2.77. The Kier molecular flexibility index (Phi) is 3.55. The summed E-state index contributed by atoms with van der Waals surface area (Å²) >= 11 is 5.82. The van der Waals surface area contributed by atoms with Gasteiger partial charge in [0.1, 0.15) is 0 Å². The van der Waals surface area contributed by atoms with Crippen molar-refractivity contribution in [2.24, 2.45) is 17.8 Å². The van der Waals surface area contributed by atoms with Crippen molar-refractivity contribution in [2.45, 2.75) is 50.7 Å². The maximum absolute atomic E-state index is 12.3. The summed E-state index contributed by atoms with van der Waals surface area (Å²) in [7, 11) is 0. The Morgan fingerprint density at radius 3 is 2.86 bits per heavy atom. The zero-order valence-corrected chi connectivity index (χ0v) is 13.3. The van der Waals surface area contributed by atoms with Gasteiger partial charge >= 0.3 is 5.97 Å². The van der Waals surface area contributed by atoms with E-state index in [2.05, 4.69) is 24.4 Å². The number of hydrogen-bond donors (Lipinski definition) is 1. The van der Waals surface area contributed by atoms with Crippen molar-refractivity contribution in [2.75, 3.05) is 5.88 Å². The molecule has 1 N–H and O–H groups in total.